The van der Waals surface area contributed by atoms with Crippen molar-refractivity contribution in [3.63, 3.8) is 0 Å². The van der Waals surface area contributed by atoms with E-state index in [4.69, 9.17) is 0 Å². The number of anilines is 1. The lowest BCUT2D eigenvalue weighted by Gasteiger charge is -2.15. The molecule has 0 aliphatic rings. The van der Waals surface area contributed by atoms with E-state index >= 15 is 0 Å². The van der Waals surface area contributed by atoms with E-state index in [1.807, 2.05) is 30.3 Å². The van der Waals surface area contributed by atoms with E-state index in [0.717, 1.165) is 5.69 Å². The standard InChI is InChI=1S/C14H14N/c1-12(13-8-4-2-5-9-13)15-14-10-6-3-7-11-14/h2,4-12,15H,1H3/t12-/m1/s1. The molecule has 2 aromatic carbocycles. The second-order valence-electron chi connectivity index (χ2n) is 3.57. The van der Waals surface area contributed by atoms with Crippen LogP contribution in [-0.2, 0) is 0 Å². The van der Waals surface area contributed by atoms with E-state index < -0.39 is 0 Å². The van der Waals surface area contributed by atoms with Crippen molar-refractivity contribution in [2.24, 2.45) is 0 Å². The van der Waals surface area contributed by atoms with E-state index in [2.05, 4.69) is 42.6 Å². The molecule has 1 heteroatoms. The lowest BCUT2D eigenvalue weighted by Crippen LogP contribution is -2.05. The van der Waals surface area contributed by atoms with Gasteiger partial charge in [0.05, 0.1) is 0 Å². The van der Waals surface area contributed by atoms with Gasteiger partial charge in [0.2, 0.25) is 0 Å². The Hall–Kier alpha value is -1.76. The number of nitrogens with one attached hydrogen (secondary N) is 1. The number of rotatable bonds is 3. The molecule has 0 heterocycles. The highest BCUT2D eigenvalue weighted by Gasteiger charge is 2.02. The van der Waals surface area contributed by atoms with E-state index in [1.54, 1.807) is 0 Å². The maximum Gasteiger partial charge on any atom is 0.0485 e. The van der Waals surface area contributed by atoms with Gasteiger partial charge >= 0.3 is 0 Å². The summed E-state index contributed by atoms with van der Waals surface area (Å²) in [7, 11) is 0. The Labute approximate surface area is 90.8 Å². The van der Waals surface area contributed by atoms with Crippen molar-refractivity contribution in [1.29, 1.82) is 0 Å². The third kappa shape index (κ3) is 2.59. The van der Waals surface area contributed by atoms with Crippen LogP contribution in [0.25, 0.3) is 0 Å². The molecule has 0 fully saturated rings. The topological polar surface area (TPSA) is 12.0 Å². The molecule has 1 atom stereocenters. The van der Waals surface area contributed by atoms with Gasteiger partial charge in [0, 0.05) is 11.7 Å². The summed E-state index contributed by atoms with van der Waals surface area (Å²) in [6.45, 7) is 2.16. The molecule has 0 amide bonds. The lowest BCUT2D eigenvalue weighted by atomic mass is 10.1. The van der Waals surface area contributed by atoms with Gasteiger partial charge in [0.15, 0.2) is 0 Å². The Balaban J connectivity index is 2.08. The van der Waals surface area contributed by atoms with Crippen LogP contribution in [0.15, 0.2) is 54.6 Å². The normalized spacial score (nSPS) is 12.1. The van der Waals surface area contributed by atoms with E-state index in [9.17, 15) is 0 Å². The minimum Gasteiger partial charge on any atom is -0.379 e. The van der Waals surface area contributed by atoms with Gasteiger partial charge in [-0.05, 0) is 30.7 Å². The Kier molecular flexibility index (Phi) is 3.03. The van der Waals surface area contributed by atoms with Crippen LogP contribution in [0, 0.1) is 6.07 Å². The average Bonchev–Trinajstić information content (AvgIpc) is 2.31. The van der Waals surface area contributed by atoms with Crippen LogP contribution >= 0.6 is 0 Å². The van der Waals surface area contributed by atoms with Gasteiger partial charge in [-0.15, -0.1) is 0 Å². The fourth-order valence-corrected chi connectivity index (χ4v) is 1.56. The first-order chi connectivity index (χ1) is 7.36. The quantitative estimate of drug-likeness (QED) is 0.790. The lowest BCUT2D eigenvalue weighted by molar-refractivity contribution is 0.885. The van der Waals surface area contributed by atoms with Gasteiger partial charge in [0.1, 0.15) is 0 Å². The molecule has 2 rings (SSSR count). The molecule has 0 aromatic heterocycles. The molecule has 0 spiro atoms. The summed E-state index contributed by atoms with van der Waals surface area (Å²) < 4.78 is 0. The van der Waals surface area contributed by atoms with Crippen LogP contribution in [0.3, 0.4) is 0 Å². The summed E-state index contributed by atoms with van der Waals surface area (Å²) in [6.07, 6.45) is 0. The van der Waals surface area contributed by atoms with Crippen molar-refractivity contribution in [3.8, 4) is 0 Å². The Morgan fingerprint density at radius 2 is 1.67 bits per heavy atom. The summed E-state index contributed by atoms with van der Waals surface area (Å²) in [5.41, 5.74) is 2.43. The summed E-state index contributed by atoms with van der Waals surface area (Å²) in [4.78, 5) is 0. The molecule has 1 nitrogen and oxygen atoms in total. The highest BCUT2D eigenvalue weighted by molar-refractivity contribution is 5.44. The van der Waals surface area contributed by atoms with Crippen molar-refractivity contribution < 1.29 is 0 Å². The number of hydrogen-bond donors (Lipinski definition) is 1. The minimum absolute atomic E-state index is 0.327. The molecule has 1 radical (unpaired) electrons. The first-order valence-corrected chi connectivity index (χ1v) is 5.14. The molecule has 1 N–H and O–H groups in total. The Bertz CT molecular complexity index is 394. The minimum atomic E-state index is 0.327. The van der Waals surface area contributed by atoms with E-state index in [0.29, 0.717) is 6.04 Å². The SMILES string of the molecule is C[C@@H](Nc1cc[c]cc1)c1ccccc1. The molecule has 0 unspecified atom stereocenters. The predicted molar refractivity (Wildman–Crippen MR) is 63.8 cm³/mol. The second kappa shape index (κ2) is 4.65. The third-order valence-electron chi connectivity index (χ3n) is 2.40. The molecule has 0 bridgehead atoms. The summed E-state index contributed by atoms with van der Waals surface area (Å²) in [5, 5.41) is 3.44. The zero-order chi connectivity index (χ0) is 10.5. The van der Waals surface area contributed by atoms with Crippen LogP contribution in [0.4, 0.5) is 5.69 Å². The van der Waals surface area contributed by atoms with Gasteiger partial charge in [-0.1, -0.05) is 42.5 Å². The smallest absolute Gasteiger partial charge is 0.0485 e. The van der Waals surface area contributed by atoms with Crippen LogP contribution in [0.5, 0.6) is 0 Å². The largest absolute Gasteiger partial charge is 0.379 e. The van der Waals surface area contributed by atoms with Gasteiger partial charge in [-0.2, -0.15) is 0 Å². The van der Waals surface area contributed by atoms with Gasteiger partial charge in [0.25, 0.3) is 0 Å². The predicted octanol–water partition coefficient (Wildman–Crippen LogP) is 3.66. The zero-order valence-corrected chi connectivity index (χ0v) is 8.77. The third-order valence-corrected chi connectivity index (χ3v) is 2.40. The molecule has 2 aromatic rings. The van der Waals surface area contributed by atoms with Crippen LogP contribution in [0.2, 0.25) is 0 Å². The summed E-state index contributed by atoms with van der Waals surface area (Å²) in [5.74, 6) is 0. The highest BCUT2D eigenvalue weighted by Crippen LogP contribution is 2.17. The van der Waals surface area contributed by atoms with E-state index in [-0.39, 0.29) is 0 Å². The molecular weight excluding hydrogens is 182 g/mol. The molecule has 0 saturated heterocycles. The van der Waals surface area contributed by atoms with Crippen LogP contribution < -0.4 is 5.32 Å². The monoisotopic (exact) mass is 196 g/mol. The van der Waals surface area contributed by atoms with Crippen molar-refractivity contribution in [2.45, 2.75) is 13.0 Å². The highest BCUT2D eigenvalue weighted by atomic mass is 14.9. The Morgan fingerprint density at radius 3 is 2.33 bits per heavy atom. The van der Waals surface area contributed by atoms with E-state index in [1.165, 1.54) is 5.56 Å². The van der Waals surface area contributed by atoms with Gasteiger partial charge in [-0.3, -0.25) is 0 Å². The van der Waals surface area contributed by atoms with Crippen molar-refractivity contribution in [1.82, 2.24) is 0 Å². The van der Waals surface area contributed by atoms with Crippen LogP contribution in [-0.4, -0.2) is 0 Å². The zero-order valence-electron chi connectivity index (χ0n) is 8.77. The van der Waals surface area contributed by atoms with Crippen molar-refractivity contribution in [2.75, 3.05) is 5.32 Å². The first-order valence-electron chi connectivity index (χ1n) is 5.14. The molecule has 15 heavy (non-hydrogen) atoms. The maximum atomic E-state index is 3.44. The first kappa shape index (κ1) is 9.78. The Morgan fingerprint density at radius 1 is 1.00 bits per heavy atom. The molecule has 0 aliphatic heterocycles. The summed E-state index contributed by atoms with van der Waals surface area (Å²) >= 11 is 0. The molecule has 0 saturated carbocycles. The van der Waals surface area contributed by atoms with Crippen LogP contribution in [0.1, 0.15) is 18.5 Å². The number of hydrogen-bond acceptors (Lipinski definition) is 1. The molecule has 75 valence electrons. The average molecular weight is 196 g/mol. The van der Waals surface area contributed by atoms with Gasteiger partial charge in [-0.25, -0.2) is 0 Å². The maximum absolute atomic E-state index is 3.44. The molecular formula is C14H14N. The van der Waals surface area contributed by atoms with Crippen molar-refractivity contribution >= 4 is 5.69 Å². The number of benzene rings is 2. The second-order valence-corrected chi connectivity index (χ2v) is 3.57. The fraction of sp³-hybridized carbons (Fsp3) is 0.143. The molecule has 0 aliphatic carbocycles. The van der Waals surface area contributed by atoms with Gasteiger partial charge < -0.3 is 5.32 Å². The summed E-state index contributed by atoms with van der Waals surface area (Å²) in [6, 6.07) is 21.6. The fourth-order valence-electron chi connectivity index (χ4n) is 1.56. The van der Waals surface area contributed by atoms with Crippen molar-refractivity contribution in [3.05, 3.63) is 66.2 Å².